The number of aliphatic hydroxyl groups excluding tert-OH is 3. The molecular formula is C19H22N2O14. The van der Waals surface area contributed by atoms with Crippen LogP contribution in [-0.2, 0) is 30.5 Å². The normalized spacial score (nSPS) is 23.7. The Bertz CT molecular complexity index is 982. The number of ether oxygens (including phenoxy) is 3. The van der Waals surface area contributed by atoms with Gasteiger partial charge in [-0.2, -0.15) is 0 Å². The molecule has 1 aromatic rings. The monoisotopic (exact) mass is 502 g/mol. The Labute approximate surface area is 195 Å². The van der Waals surface area contributed by atoms with Crippen molar-refractivity contribution in [2.24, 2.45) is 0 Å². The molecule has 1 aromatic carbocycles. The Hall–Kier alpha value is -3.86. The average molecular weight is 502 g/mol. The lowest BCUT2D eigenvalue weighted by Crippen LogP contribution is -2.61. The lowest BCUT2D eigenvalue weighted by molar-refractivity contribution is -0.387. The summed E-state index contributed by atoms with van der Waals surface area (Å²) < 4.78 is 15.0. The summed E-state index contributed by atoms with van der Waals surface area (Å²) in [6.07, 6.45) is -11.5. The van der Waals surface area contributed by atoms with Gasteiger partial charge in [-0.05, 0) is 11.6 Å². The number of nitrogens with one attached hydrogen (secondary N) is 1. The Balaban J connectivity index is 2.02. The Kier molecular flexibility index (Phi) is 9.41. The van der Waals surface area contributed by atoms with Crippen LogP contribution >= 0.6 is 0 Å². The molecule has 1 fully saturated rings. The Morgan fingerprint density at radius 2 is 1.74 bits per heavy atom. The third-order valence-corrected chi connectivity index (χ3v) is 4.69. The van der Waals surface area contributed by atoms with E-state index in [0.29, 0.717) is 0 Å². The first kappa shape index (κ1) is 27.4. The maximum absolute atomic E-state index is 11.7. The lowest BCUT2D eigenvalue weighted by Gasteiger charge is -2.38. The molecule has 5 atom stereocenters. The first-order chi connectivity index (χ1) is 16.4. The number of aliphatic carboxylic acids is 2. The van der Waals surface area contributed by atoms with Crippen LogP contribution in [0.4, 0.5) is 10.5 Å². The predicted octanol–water partition coefficient (Wildman–Crippen LogP) is -1.47. The number of carbonyl (C=O) groups is 4. The van der Waals surface area contributed by atoms with Crippen molar-refractivity contribution < 1.29 is 63.8 Å². The van der Waals surface area contributed by atoms with E-state index >= 15 is 0 Å². The zero-order valence-electron chi connectivity index (χ0n) is 17.8. The van der Waals surface area contributed by atoms with Crippen molar-refractivity contribution in [1.29, 1.82) is 0 Å². The largest absolute Gasteiger partial charge is 0.481 e. The van der Waals surface area contributed by atoms with Gasteiger partial charge in [-0.25, -0.2) is 9.59 Å². The molecule has 192 valence electrons. The SMILES string of the molecule is O=C(O)CCC(=O)CNC(=O)OCc1ccc(OC2OC(C(=O)O)C(O)C(O)C2O)c([N+](=O)[O-])c1. The van der Waals surface area contributed by atoms with Crippen LogP contribution < -0.4 is 10.1 Å². The molecule has 2 rings (SSSR count). The van der Waals surface area contributed by atoms with Crippen LogP contribution in [0.2, 0.25) is 0 Å². The molecule has 1 aliphatic rings. The minimum atomic E-state index is -1.98. The van der Waals surface area contributed by atoms with Gasteiger partial charge in [-0.3, -0.25) is 19.7 Å². The molecule has 0 spiro atoms. The summed E-state index contributed by atoms with van der Waals surface area (Å²) in [5.41, 5.74) is -0.570. The predicted molar refractivity (Wildman–Crippen MR) is 108 cm³/mol. The van der Waals surface area contributed by atoms with Crippen molar-refractivity contribution >= 4 is 29.5 Å². The molecule has 35 heavy (non-hydrogen) atoms. The van der Waals surface area contributed by atoms with Crippen LogP contribution in [-0.4, -0.2) is 91.5 Å². The molecular weight excluding hydrogens is 480 g/mol. The molecule has 0 saturated carbocycles. The van der Waals surface area contributed by atoms with Gasteiger partial charge in [0, 0.05) is 12.5 Å². The van der Waals surface area contributed by atoms with E-state index in [4.69, 9.17) is 24.4 Å². The minimum Gasteiger partial charge on any atom is -0.481 e. The fraction of sp³-hybridized carbons (Fsp3) is 0.474. The van der Waals surface area contributed by atoms with Crippen LogP contribution in [0.3, 0.4) is 0 Å². The van der Waals surface area contributed by atoms with E-state index in [1.54, 1.807) is 0 Å². The number of benzene rings is 1. The second-order valence-corrected chi connectivity index (χ2v) is 7.27. The molecule has 16 heteroatoms. The summed E-state index contributed by atoms with van der Waals surface area (Å²) >= 11 is 0. The number of ketones is 1. The number of nitrogens with zero attached hydrogens (tertiary/aromatic N) is 1. The van der Waals surface area contributed by atoms with Gasteiger partial charge in [0.1, 0.15) is 24.9 Å². The van der Waals surface area contributed by atoms with Crippen molar-refractivity contribution in [3.05, 3.63) is 33.9 Å². The van der Waals surface area contributed by atoms with Crippen LogP contribution in [0.5, 0.6) is 5.75 Å². The van der Waals surface area contributed by atoms with Crippen molar-refractivity contribution in [1.82, 2.24) is 5.32 Å². The van der Waals surface area contributed by atoms with E-state index in [9.17, 15) is 44.6 Å². The maximum atomic E-state index is 11.7. The molecule has 1 heterocycles. The molecule has 6 N–H and O–H groups in total. The first-order valence-corrected chi connectivity index (χ1v) is 9.91. The van der Waals surface area contributed by atoms with Gasteiger partial charge in [-0.15, -0.1) is 0 Å². The molecule has 0 aromatic heterocycles. The lowest BCUT2D eigenvalue weighted by atomic mass is 9.99. The molecule has 0 radical (unpaired) electrons. The third-order valence-electron chi connectivity index (χ3n) is 4.69. The van der Waals surface area contributed by atoms with Crippen molar-refractivity contribution in [3.8, 4) is 5.75 Å². The van der Waals surface area contributed by atoms with E-state index in [1.807, 2.05) is 0 Å². The summed E-state index contributed by atoms with van der Waals surface area (Å²) in [6.45, 7) is -0.939. The zero-order valence-corrected chi connectivity index (χ0v) is 17.8. The number of nitro benzene ring substituents is 1. The average Bonchev–Trinajstić information content (AvgIpc) is 2.80. The fourth-order valence-corrected chi connectivity index (χ4v) is 2.87. The molecule has 1 amide bonds. The van der Waals surface area contributed by atoms with E-state index in [2.05, 4.69) is 5.32 Å². The number of aliphatic hydroxyl groups is 3. The maximum Gasteiger partial charge on any atom is 0.407 e. The van der Waals surface area contributed by atoms with Crippen molar-refractivity contribution in [3.63, 3.8) is 0 Å². The van der Waals surface area contributed by atoms with Gasteiger partial charge in [-0.1, -0.05) is 6.07 Å². The Morgan fingerprint density at radius 1 is 1.06 bits per heavy atom. The fourth-order valence-electron chi connectivity index (χ4n) is 2.87. The summed E-state index contributed by atoms with van der Waals surface area (Å²) in [5, 5.41) is 60.7. The minimum absolute atomic E-state index is 0.111. The highest BCUT2D eigenvalue weighted by atomic mass is 16.7. The number of Topliss-reactive ketones (excluding diaryl/α,β-unsaturated/α-hetero) is 1. The second kappa shape index (κ2) is 12.0. The van der Waals surface area contributed by atoms with Crippen LogP contribution in [0, 0.1) is 10.1 Å². The highest BCUT2D eigenvalue weighted by molar-refractivity contribution is 5.86. The number of amides is 1. The quantitative estimate of drug-likeness (QED) is 0.149. The van der Waals surface area contributed by atoms with E-state index < -0.39 is 90.5 Å². The molecule has 5 unspecified atom stereocenters. The molecule has 0 bridgehead atoms. The number of carboxylic acids is 2. The van der Waals surface area contributed by atoms with Gasteiger partial charge >= 0.3 is 23.7 Å². The number of hydrogen-bond acceptors (Lipinski definition) is 12. The summed E-state index contributed by atoms with van der Waals surface area (Å²) in [6, 6.07) is 3.24. The van der Waals surface area contributed by atoms with Gasteiger partial charge < -0.3 is 45.1 Å². The zero-order chi connectivity index (χ0) is 26.3. The summed E-state index contributed by atoms with van der Waals surface area (Å²) in [4.78, 5) is 55.3. The number of carbonyl (C=O) groups excluding carboxylic acids is 2. The number of nitro groups is 1. The van der Waals surface area contributed by atoms with Crippen molar-refractivity contribution in [2.45, 2.75) is 50.2 Å². The van der Waals surface area contributed by atoms with Gasteiger partial charge in [0.15, 0.2) is 17.6 Å². The second-order valence-electron chi connectivity index (χ2n) is 7.27. The highest BCUT2D eigenvalue weighted by Gasteiger charge is 2.48. The molecule has 1 aliphatic heterocycles. The number of rotatable bonds is 11. The summed E-state index contributed by atoms with van der Waals surface area (Å²) in [7, 11) is 0. The van der Waals surface area contributed by atoms with Crippen LogP contribution in [0.1, 0.15) is 18.4 Å². The van der Waals surface area contributed by atoms with Gasteiger partial charge in [0.2, 0.25) is 6.29 Å². The smallest absolute Gasteiger partial charge is 0.407 e. The van der Waals surface area contributed by atoms with Gasteiger partial charge in [0.25, 0.3) is 0 Å². The number of hydrogen-bond donors (Lipinski definition) is 6. The molecule has 0 aliphatic carbocycles. The molecule has 16 nitrogen and oxygen atoms in total. The third kappa shape index (κ3) is 7.57. The van der Waals surface area contributed by atoms with Gasteiger partial charge in [0.05, 0.1) is 17.9 Å². The Morgan fingerprint density at radius 3 is 2.34 bits per heavy atom. The summed E-state index contributed by atoms with van der Waals surface area (Å²) in [5.74, 6) is -3.86. The highest BCUT2D eigenvalue weighted by Crippen LogP contribution is 2.32. The topological polar surface area (TPSA) is 252 Å². The molecule has 1 saturated heterocycles. The van der Waals surface area contributed by atoms with E-state index in [-0.39, 0.29) is 12.0 Å². The standard InChI is InChI=1S/C19H22N2O14/c22-9(2-4-12(23)24)6-20-19(30)33-7-8-1-3-11(10(5-8)21(31)32)34-18-15(27)13(25)14(26)16(35-18)17(28)29/h1,3,5,13-16,18,25-27H,2,4,6-7H2,(H,20,30)(H,23,24)(H,28,29). The van der Waals surface area contributed by atoms with Crippen LogP contribution in [0.25, 0.3) is 0 Å². The number of carboxylic acid groups (broad SMARTS) is 2. The van der Waals surface area contributed by atoms with Crippen molar-refractivity contribution in [2.75, 3.05) is 6.54 Å². The van der Waals surface area contributed by atoms with E-state index in [1.165, 1.54) is 6.07 Å². The first-order valence-electron chi connectivity index (χ1n) is 9.91. The van der Waals surface area contributed by atoms with Crippen LogP contribution in [0.15, 0.2) is 18.2 Å². The van der Waals surface area contributed by atoms with E-state index in [0.717, 1.165) is 12.1 Å². The number of alkyl carbamates (subject to hydrolysis) is 1.